The minimum absolute atomic E-state index is 0.000477. The fourth-order valence-corrected chi connectivity index (χ4v) is 2.16. The van der Waals surface area contributed by atoms with Gasteiger partial charge >= 0.3 is 5.97 Å². The van der Waals surface area contributed by atoms with Crippen molar-refractivity contribution in [3.05, 3.63) is 45.3 Å². The second-order valence-electron chi connectivity index (χ2n) is 4.15. The molecule has 1 heterocycles. The molecule has 1 aromatic carbocycles. The summed E-state index contributed by atoms with van der Waals surface area (Å²) in [5.74, 6) is -1.19. The third-order valence-corrected chi connectivity index (χ3v) is 3.21. The van der Waals surface area contributed by atoms with Crippen LogP contribution in [-0.4, -0.2) is 22.1 Å². The van der Waals surface area contributed by atoms with Crippen LogP contribution in [0.5, 0.6) is 0 Å². The fourth-order valence-electron chi connectivity index (χ4n) is 1.79. The first-order chi connectivity index (χ1) is 9.40. The molecule has 0 aliphatic heterocycles. The molecule has 2 aromatic rings. The average molecular weight is 339 g/mol. The number of carboxylic acids is 1. The Kier molecular flexibility index (Phi) is 3.89. The van der Waals surface area contributed by atoms with Gasteiger partial charge in [-0.3, -0.25) is 4.79 Å². The van der Waals surface area contributed by atoms with E-state index in [1.165, 1.54) is 12.1 Å². The number of aryl methyl sites for hydroxylation is 2. The lowest BCUT2D eigenvalue weighted by molar-refractivity contribution is 0.0698. The van der Waals surface area contributed by atoms with Gasteiger partial charge in [0.1, 0.15) is 11.3 Å². The summed E-state index contributed by atoms with van der Waals surface area (Å²) < 4.78 is 5.53. The summed E-state index contributed by atoms with van der Waals surface area (Å²) in [6.07, 6.45) is 0. The number of nitrogens with one attached hydrogen (secondary N) is 1. The van der Waals surface area contributed by atoms with Crippen LogP contribution < -0.4 is 5.32 Å². The molecule has 2 N–H and O–H groups in total. The molecule has 0 spiro atoms. The van der Waals surface area contributed by atoms with Crippen molar-refractivity contribution in [2.45, 2.75) is 13.8 Å². The molecule has 0 aliphatic rings. The number of amides is 1. The van der Waals surface area contributed by atoms with Gasteiger partial charge in [-0.15, -0.1) is 0 Å². The molecule has 0 unspecified atom stereocenters. The average Bonchev–Trinajstić information content (AvgIpc) is 2.71. The number of carboxylic acid groups (broad SMARTS) is 1. The molecule has 1 amide bonds. The van der Waals surface area contributed by atoms with Crippen molar-refractivity contribution >= 4 is 33.5 Å². The lowest BCUT2D eigenvalue weighted by Crippen LogP contribution is -2.16. The van der Waals surface area contributed by atoms with Crippen molar-refractivity contribution in [3.8, 4) is 0 Å². The molecule has 7 heteroatoms. The van der Waals surface area contributed by atoms with E-state index < -0.39 is 11.9 Å². The SMILES string of the molecule is Cc1noc(C)c1C(=O)Nc1ccc(Br)cc1C(=O)O. The molecule has 6 nitrogen and oxygen atoms in total. The number of carbonyl (C=O) groups excluding carboxylic acids is 1. The van der Waals surface area contributed by atoms with E-state index in [0.717, 1.165) is 0 Å². The molecule has 0 fully saturated rings. The number of hydrogen-bond donors (Lipinski definition) is 2. The van der Waals surface area contributed by atoms with E-state index in [0.29, 0.717) is 21.5 Å². The summed E-state index contributed by atoms with van der Waals surface area (Å²) in [5, 5.41) is 15.4. The van der Waals surface area contributed by atoms with Crippen LogP contribution in [0.2, 0.25) is 0 Å². The molecule has 0 radical (unpaired) electrons. The van der Waals surface area contributed by atoms with Crippen molar-refractivity contribution in [1.82, 2.24) is 5.16 Å². The lowest BCUT2D eigenvalue weighted by Gasteiger charge is -2.08. The molecule has 0 atom stereocenters. The van der Waals surface area contributed by atoms with Crippen molar-refractivity contribution in [2.75, 3.05) is 5.32 Å². The Morgan fingerprint density at radius 3 is 2.60 bits per heavy atom. The van der Waals surface area contributed by atoms with E-state index in [9.17, 15) is 9.59 Å². The normalized spacial score (nSPS) is 10.3. The lowest BCUT2D eigenvalue weighted by atomic mass is 10.1. The van der Waals surface area contributed by atoms with Crippen molar-refractivity contribution < 1.29 is 19.2 Å². The number of carbonyl (C=O) groups is 2. The number of anilines is 1. The van der Waals surface area contributed by atoms with Gasteiger partial charge in [0.2, 0.25) is 0 Å². The molecular weight excluding hydrogens is 328 g/mol. The minimum atomic E-state index is -1.12. The first kappa shape index (κ1) is 14.3. The highest BCUT2D eigenvalue weighted by Gasteiger charge is 2.20. The van der Waals surface area contributed by atoms with Crippen LogP contribution in [-0.2, 0) is 0 Å². The van der Waals surface area contributed by atoms with Gasteiger partial charge in [-0.1, -0.05) is 21.1 Å². The first-order valence-electron chi connectivity index (χ1n) is 5.67. The fraction of sp³-hybridized carbons (Fsp3) is 0.154. The van der Waals surface area contributed by atoms with Gasteiger partial charge in [-0.05, 0) is 32.0 Å². The van der Waals surface area contributed by atoms with Crippen LogP contribution in [0.25, 0.3) is 0 Å². The summed E-state index contributed by atoms with van der Waals surface area (Å²) in [6, 6.07) is 4.59. The zero-order chi connectivity index (χ0) is 14.9. The molecule has 20 heavy (non-hydrogen) atoms. The van der Waals surface area contributed by atoms with E-state index in [4.69, 9.17) is 9.63 Å². The highest BCUT2D eigenvalue weighted by Crippen LogP contribution is 2.23. The Morgan fingerprint density at radius 2 is 2.05 bits per heavy atom. The third-order valence-electron chi connectivity index (χ3n) is 2.72. The van der Waals surface area contributed by atoms with Gasteiger partial charge in [0.05, 0.1) is 16.9 Å². The van der Waals surface area contributed by atoms with Crippen molar-refractivity contribution in [3.63, 3.8) is 0 Å². The summed E-state index contributed by atoms with van der Waals surface area (Å²) >= 11 is 3.19. The number of aromatic carboxylic acids is 1. The standard InChI is InChI=1S/C13H11BrN2O4/c1-6-11(7(2)20-16-6)12(17)15-10-4-3-8(14)5-9(10)13(18)19/h3-5H,1-2H3,(H,15,17)(H,18,19). The maximum atomic E-state index is 12.2. The predicted molar refractivity (Wildman–Crippen MR) is 75.0 cm³/mol. The Hall–Kier alpha value is -2.15. The van der Waals surface area contributed by atoms with Crippen LogP contribution in [0.4, 0.5) is 5.69 Å². The van der Waals surface area contributed by atoms with E-state index in [2.05, 4.69) is 26.4 Å². The number of aromatic nitrogens is 1. The predicted octanol–water partition coefficient (Wildman–Crippen LogP) is 3.00. The first-order valence-corrected chi connectivity index (χ1v) is 6.46. The molecule has 2 rings (SSSR count). The van der Waals surface area contributed by atoms with E-state index >= 15 is 0 Å². The molecule has 0 saturated carbocycles. The van der Waals surface area contributed by atoms with Gasteiger partial charge in [0, 0.05) is 4.47 Å². The Balaban J connectivity index is 2.36. The van der Waals surface area contributed by atoms with Gasteiger partial charge < -0.3 is 14.9 Å². The molecule has 104 valence electrons. The van der Waals surface area contributed by atoms with E-state index in [-0.39, 0.29) is 11.3 Å². The monoisotopic (exact) mass is 338 g/mol. The van der Waals surface area contributed by atoms with Crippen LogP contribution >= 0.6 is 15.9 Å². The Morgan fingerprint density at radius 1 is 1.35 bits per heavy atom. The maximum absolute atomic E-state index is 12.2. The Bertz CT molecular complexity index is 674. The number of nitrogens with zero attached hydrogens (tertiary/aromatic N) is 1. The number of hydrogen-bond acceptors (Lipinski definition) is 4. The third kappa shape index (κ3) is 2.72. The zero-order valence-corrected chi connectivity index (χ0v) is 12.3. The summed E-state index contributed by atoms with van der Waals surface area (Å²) in [5.41, 5.74) is 0.975. The molecular formula is C13H11BrN2O4. The van der Waals surface area contributed by atoms with Crippen LogP contribution in [0.1, 0.15) is 32.2 Å². The quantitative estimate of drug-likeness (QED) is 0.897. The molecule has 0 saturated heterocycles. The topological polar surface area (TPSA) is 92.4 Å². The van der Waals surface area contributed by atoms with E-state index in [1.54, 1.807) is 19.9 Å². The molecule has 1 aromatic heterocycles. The van der Waals surface area contributed by atoms with E-state index in [1.807, 2.05) is 0 Å². The number of halogens is 1. The Labute approximate surface area is 122 Å². The smallest absolute Gasteiger partial charge is 0.337 e. The van der Waals surface area contributed by atoms with Gasteiger partial charge in [0.25, 0.3) is 5.91 Å². The highest BCUT2D eigenvalue weighted by atomic mass is 79.9. The second kappa shape index (κ2) is 5.46. The largest absolute Gasteiger partial charge is 0.478 e. The summed E-state index contributed by atoms with van der Waals surface area (Å²) in [7, 11) is 0. The van der Waals surface area contributed by atoms with Crippen LogP contribution in [0.15, 0.2) is 27.2 Å². The van der Waals surface area contributed by atoms with Gasteiger partial charge in [0.15, 0.2) is 0 Å². The van der Waals surface area contributed by atoms with Gasteiger partial charge in [-0.25, -0.2) is 4.79 Å². The van der Waals surface area contributed by atoms with Crippen LogP contribution in [0.3, 0.4) is 0 Å². The summed E-state index contributed by atoms with van der Waals surface area (Å²) in [6.45, 7) is 3.26. The minimum Gasteiger partial charge on any atom is -0.478 e. The van der Waals surface area contributed by atoms with Crippen LogP contribution in [0, 0.1) is 13.8 Å². The molecule has 0 aliphatic carbocycles. The van der Waals surface area contributed by atoms with Crippen molar-refractivity contribution in [1.29, 1.82) is 0 Å². The van der Waals surface area contributed by atoms with Crippen molar-refractivity contribution in [2.24, 2.45) is 0 Å². The second-order valence-corrected chi connectivity index (χ2v) is 5.06. The molecule has 0 bridgehead atoms. The summed E-state index contributed by atoms with van der Waals surface area (Å²) in [4.78, 5) is 23.3. The highest BCUT2D eigenvalue weighted by molar-refractivity contribution is 9.10. The number of benzene rings is 1. The number of rotatable bonds is 3. The zero-order valence-electron chi connectivity index (χ0n) is 10.7. The maximum Gasteiger partial charge on any atom is 0.337 e. The van der Waals surface area contributed by atoms with Gasteiger partial charge in [-0.2, -0.15) is 0 Å².